The molecule has 122 valence electrons. The molecule has 0 fully saturated rings. The van der Waals surface area contributed by atoms with E-state index in [1.807, 2.05) is 29.5 Å². The number of thiophene rings is 2. The molecule has 2 aromatic heterocycles. The Morgan fingerprint density at radius 3 is 2.71 bits per heavy atom. The number of amides is 1. The zero-order valence-electron chi connectivity index (χ0n) is 13.4. The number of hydrogen-bond acceptors (Lipinski definition) is 3. The number of carbonyl (C=O) groups is 1. The van der Waals surface area contributed by atoms with Crippen LogP contribution in [0.2, 0.25) is 0 Å². The van der Waals surface area contributed by atoms with E-state index in [1.54, 1.807) is 11.3 Å². The minimum atomic E-state index is 0.100. The van der Waals surface area contributed by atoms with Crippen molar-refractivity contribution in [2.45, 2.75) is 25.3 Å². The summed E-state index contributed by atoms with van der Waals surface area (Å²) in [6, 6.07) is 16.8. The fraction of sp³-hybridized carbons (Fsp3) is 0.250. The van der Waals surface area contributed by atoms with E-state index in [9.17, 15) is 4.79 Å². The smallest absolute Gasteiger partial charge is 0.223 e. The average Bonchev–Trinajstić information content (AvgIpc) is 3.31. The zero-order valence-corrected chi connectivity index (χ0v) is 15.0. The van der Waals surface area contributed by atoms with E-state index in [4.69, 9.17) is 0 Å². The van der Waals surface area contributed by atoms with Gasteiger partial charge in [0.2, 0.25) is 5.91 Å². The maximum atomic E-state index is 12.9. The van der Waals surface area contributed by atoms with E-state index < -0.39 is 0 Å². The second-order valence-corrected chi connectivity index (χ2v) is 8.02. The predicted octanol–water partition coefficient (Wildman–Crippen LogP) is 4.92. The molecule has 0 N–H and O–H groups in total. The van der Waals surface area contributed by atoms with Crippen LogP contribution in [0.3, 0.4) is 0 Å². The first-order valence-electron chi connectivity index (χ1n) is 8.26. The van der Waals surface area contributed by atoms with Crippen LogP contribution in [0.15, 0.2) is 59.3 Å². The number of nitrogens with zero attached hydrogens (tertiary/aromatic N) is 1. The van der Waals surface area contributed by atoms with Crippen LogP contribution in [0.25, 0.3) is 0 Å². The third-order valence-electron chi connectivity index (χ3n) is 4.57. The molecule has 0 saturated heterocycles. The predicted molar refractivity (Wildman–Crippen MR) is 101 cm³/mol. The molecule has 1 amide bonds. The first-order valence-corrected chi connectivity index (χ1v) is 10.0. The highest BCUT2D eigenvalue weighted by Gasteiger charge is 2.32. The van der Waals surface area contributed by atoms with Gasteiger partial charge in [-0.3, -0.25) is 4.79 Å². The Hall–Kier alpha value is -1.91. The van der Waals surface area contributed by atoms with Gasteiger partial charge in [0.25, 0.3) is 0 Å². The molecule has 1 aromatic carbocycles. The SMILES string of the molecule is O=C(CCc1ccccc1)N1CCc2sccc2C1c1cccs1. The van der Waals surface area contributed by atoms with Crippen LogP contribution in [0.1, 0.15) is 33.3 Å². The third-order valence-corrected chi connectivity index (χ3v) is 6.49. The Labute approximate surface area is 150 Å². The van der Waals surface area contributed by atoms with Gasteiger partial charge in [-0.25, -0.2) is 0 Å². The van der Waals surface area contributed by atoms with Crippen LogP contribution in [-0.2, 0) is 17.6 Å². The Balaban J connectivity index is 1.56. The van der Waals surface area contributed by atoms with Crippen LogP contribution in [0.5, 0.6) is 0 Å². The molecule has 0 bridgehead atoms. The molecule has 0 aliphatic carbocycles. The lowest BCUT2D eigenvalue weighted by molar-refractivity contribution is -0.133. The summed E-state index contributed by atoms with van der Waals surface area (Å²) < 4.78 is 0. The molecule has 4 rings (SSSR count). The minimum absolute atomic E-state index is 0.100. The van der Waals surface area contributed by atoms with Gasteiger partial charge in [-0.05, 0) is 46.9 Å². The molecule has 1 aliphatic rings. The Morgan fingerprint density at radius 1 is 1.04 bits per heavy atom. The third kappa shape index (κ3) is 3.04. The van der Waals surface area contributed by atoms with Crippen molar-refractivity contribution in [1.29, 1.82) is 0 Å². The van der Waals surface area contributed by atoms with Gasteiger partial charge < -0.3 is 4.90 Å². The van der Waals surface area contributed by atoms with Crippen LogP contribution >= 0.6 is 22.7 Å². The molecule has 3 heterocycles. The average molecular weight is 354 g/mol. The standard InChI is InChI=1S/C20H19NOS2/c22-19(9-8-15-5-2-1-3-6-15)21-12-10-17-16(11-14-24-17)20(21)18-7-4-13-23-18/h1-7,11,13-14,20H,8-10,12H2. The molecule has 3 aromatic rings. The van der Waals surface area contributed by atoms with Crippen molar-refractivity contribution in [3.05, 3.63) is 80.2 Å². The summed E-state index contributed by atoms with van der Waals surface area (Å²) in [5, 5.41) is 4.26. The Kier molecular flexibility index (Phi) is 4.50. The van der Waals surface area contributed by atoms with E-state index in [-0.39, 0.29) is 11.9 Å². The number of rotatable bonds is 4. The summed E-state index contributed by atoms with van der Waals surface area (Å²) in [7, 11) is 0. The maximum absolute atomic E-state index is 12.9. The lowest BCUT2D eigenvalue weighted by Crippen LogP contribution is -2.39. The molecule has 0 spiro atoms. The zero-order chi connectivity index (χ0) is 16.4. The van der Waals surface area contributed by atoms with Crippen LogP contribution in [-0.4, -0.2) is 17.4 Å². The largest absolute Gasteiger partial charge is 0.330 e. The number of hydrogen-bond donors (Lipinski definition) is 0. The van der Waals surface area contributed by atoms with Crippen molar-refractivity contribution >= 4 is 28.6 Å². The molecule has 0 saturated carbocycles. The summed E-state index contributed by atoms with van der Waals surface area (Å²) >= 11 is 3.56. The Morgan fingerprint density at radius 2 is 1.92 bits per heavy atom. The van der Waals surface area contributed by atoms with Gasteiger partial charge in [-0.2, -0.15) is 0 Å². The topological polar surface area (TPSA) is 20.3 Å². The van der Waals surface area contributed by atoms with Crippen molar-refractivity contribution in [3.8, 4) is 0 Å². The van der Waals surface area contributed by atoms with Crippen molar-refractivity contribution in [3.63, 3.8) is 0 Å². The molecular formula is C20H19NOS2. The second-order valence-electron chi connectivity index (χ2n) is 6.04. The van der Waals surface area contributed by atoms with Crippen molar-refractivity contribution in [2.75, 3.05) is 6.54 Å². The Bertz CT molecular complexity index is 807. The van der Waals surface area contributed by atoms with Crippen LogP contribution in [0.4, 0.5) is 0 Å². The highest BCUT2D eigenvalue weighted by atomic mass is 32.1. The first-order chi connectivity index (χ1) is 11.8. The summed E-state index contributed by atoms with van der Waals surface area (Å²) in [5.74, 6) is 0.258. The highest BCUT2D eigenvalue weighted by molar-refractivity contribution is 7.10. The van der Waals surface area contributed by atoms with Crippen LogP contribution < -0.4 is 0 Å². The first kappa shape index (κ1) is 15.6. The number of fused-ring (bicyclic) bond motifs is 1. The lowest BCUT2D eigenvalue weighted by atomic mass is 9.97. The van der Waals surface area contributed by atoms with Crippen molar-refractivity contribution in [2.24, 2.45) is 0 Å². The molecule has 2 nitrogen and oxygen atoms in total. The number of aryl methyl sites for hydroxylation is 1. The van der Waals surface area contributed by atoms with E-state index in [2.05, 4.69) is 46.0 Å². The van der Waals surface area contributed by atoms with E-state index in [0.29, 0.717) is 6.42 Å². The normalized spacial score (nSPS) is 16.8. The summed E-state index contributed by atoms with van der Waals surface area (Å²) in [6.07, 6.45) is 2.36. The molecule has 0 radical (unpaired) electrons. The number of carbonyl (C=O) groups excluding carboxylic acids is 1. The lowest BCUT2D eigenvalue weighted by Gasteiger charge is -2.35. The van der Waals surface area contributed by atoms with Gasteiger partial charge in [0.05, 0.1) is 6.04 Å². The van der Waals surface area contributed by atoms with Gasteiger partial charge in [0.1, 0.15) is 0 Å². The second kappa shape index (κ2) is 6.91. The van der Waals surface area contributed by atoms with Gasteiger partial charge in [-0.1, -0.05) is 36.4 Å². The van der Waals surface area contributed by atoms with E-state index in [0.717, 1.165) is 19.4 Å². The summed E-state index contributed by atoms with van der Waals surface area (Å²) in [5.41, 5.74) is 2.55. The number of benzene rings is 1. The fourth-order valence-electron chi connectivity index (χ4n) is 3.38. The molecular weight excluding hydrogens is 334 g/mol. The van der Waals surface area contributed by atoms with Gasteiger partial charge >= 0.3 is 0 Å². The van der Waals surface area contributed by atoms with Gasteiger partial charge in [-0.15, -0.1) is 22.7 Å². The molecule has 4 heteroatoms. The van der Waals surface area contributed by atoms with Crippen molar-refractivity contribution in [1.82, 2.24) is 4.90 Å². The molecule has 1 atom stereocenters. The van der Waals surface area contributed by atoms with Crippen LogP contribution in [0, 0.1) is 0 Å². The maximum Gasteiger partial charge on any atom is 0.223 e. The van der Waals surface area contributed by atoms with E-state index in [1.165, 1.54) is 20.9 Å². The molecule has 1 unspecified atom stereocenters. The minimum Gasteiger partial charge on any atom is -0.330 e. The fourth-order valence-corrected chi connectivity index (χ4v) is 5.14. The van der Waals surface area contributed by atoms with Crippen molar-refractivity contribution < 1.29 is 4.79 Å². The van der Waals surface area contributed by atoms with Gasteiger partial charge in [0.15, 0.2) is 0 Å². The molecule has 1 aliphatic heterocycles. The summed E-state index contributed by atoms with van der Waals surface area (Å²) in [4.78, 5) is 17.7. The molecule has 24 heavy (non-hydrogen) atoms. The summed E-state index contributed by atoms with van der Waals surface area (Å²) in [6.45, 7) is 0.823. The highest BCUT2D eigenvalue weighted by Crippen LogP contribution is 2.39. The monoisotopic (exact) mass is 353 g/mol. The van der Waals surface area contributed by atoms with Gasteiger partial charge in [0, 0.05) is 22.7 Å². The quantitative estimate of drug-likeness (QED) is 0.652. The van der Waals surface area contributed by atoms with E-state index >= 15 is 0 Å².